The molecule has 0 unspecified atom stereocenters. The van der Waals surface area contributed by atoms with E-state index in [1.54, 1.807) is 31.2 Å². The molecule has 0 aliphatic carbocycles. The molecule has 0 aliphatic rings. The molecule has 1 aromatic carbocycles. The Labute approximate surface area is 60.8 Å². The molecule has 0 atom stereocenters. The van der Waals surface area contributed by atoms with Crippen molar-refractivity contribution in [3.63, 3.8) is 0 Å². The summed E-state index contributed by atoms with van der Waals surface area (Å²) in [7, 11) is 0. The number of benzene rings is 1. The molecule has 0 saturated carbocycles. The van der Waals surface area contributed by atoms with Gasteiger partial charge in [-0.3, -0.25) is 0 Å². The third kappa shape index (κ3) is 5.12. The second-order valence-electron chi connectivity index (χ2n) is 1.57. The van der Waals surface area contributed by atoms with Crippen LogP contribution in [0, 0.1) is 6.07 Å². The lowest BCUT2D eigenvalue weighted by molar-refractivity contribution is 0.318. The van der Waals surface area contributed by atoms with Crippen LogP contribution in [0.5, 0.6) is 5.75 Å². The second-order valence-corrected chi connectivity index (χ2v) is 1.57. The van der Waals surface area contributed by atoms with Crippen LogP contribution in [0.3, 0.4) is 0 Å². The first-order chi connectivity index (χ1) is 4.81. The van der Waals surface area contributed by atoms with E-state index in [2.05, 4.69) is 6.07 Å². The van der Waals surface area contributed by atoms with E-state index in [-0.39, 0.29) is 6.61 Å². The van der Waals surface area contributed by atoms with Crippen molar-refractivity contribution < 1.29 is 10.2 Å². The lowest BCUT2D eigenvalue weighted by Gasteiger charge is -1.81. The summed E-state index contributed by atoms with van der Waals surface area (Å²) in [6, 6.07) is 9.26. The van der Waals surface area contributed by atoms with Crippen LogP contribution in [0.2, 0.25) is 0 Å². The van der Waals surface area contributed by atoms with Crippen molar-refractivity contribution >= 4 is 0 Å². The zero-order valence-corrected chi connectivity index (χ0v) is 5.91. The number of aliphatic hydroxyl groups is 1. The van der Waals surface area contributed by atoms with E-state index in [0.29, 0.717) is 5.75 Å². The number of phenols is 1. The maximum Gasteiger partial charge on any atom is 0.115 e. The Bertz CT molecular complexity index is 149. The summed E-state index contributed by atoms with van der Waals surface area (Å²) >= 11 is 0. The second kappa shape index (κ2) is 6.11. The molecule has 0 amide bonds. The fraction of sp³-hybridized carbons (Fsp3) is 0.250. The van der Waals surface area contributed by atoms with Crippen LogP contribution in [0.4, 0.5) is 0 Å². The summed E-state index contributed by atoms with van der Waals surface area (Å²) in [6.07, 6.45) is 0. The molecular weight excluding hydrogens is 128 g/mol. The molecule has 1 radical (unpaired) electrons. The number of aliphatic hydroxyl groups excluding tert-OH is 1. The van der Waals surface area contributed by atoms with Crippen molar-refractivity contribution in [3.8, 4) is 5.75 Å². The van der Waals surface area contributed by atoms with E-state index in [9.17, 15) is 0 Å². The molecular formula is C8H11O2. The Morgan fingerprint density at radius 1 is 1.40 bits per heavy atom. The number of phenolic OH excluding ortho intramolecular Hbond substituents is 1. The van der Waals surface area contributed by atoms with Gasteiger partial charge in [0.2, 0.25) is 0 Å². The first kappa shape index (κ1) is 8.98. The molecule has 1 rings (SSSR count). The molecule has 1 aromatic rings. The molecule has 0 fully saturated rings. The zero-order chi connectivity index (χ0) is 7.82. The topological polar surface area (TPSA) is 40.5 Å². The highest BCUT2D eigenvalue weighted by atomic mass is 16.3. The van der Waals surface area contributed by atoms with Crippen LogP contribution in [0.25, 0.3) is 0 Å². The maximum absolute atomic E-state index is 8.61. The quantitative estimate of drug-likeness (QED) is 0.566. The Morgan fingerprint density at radius 3 is 2.00 bits per heavy atom. The Kier molecular flexibility index (Phi) is 5.48. The van der Waals surface area contributed by atoms with Crippen LogP contribution in [0.15, 0.2) is 24.3 Å². The predicted molar refractivity (Wildman–Crippen MR) is 39.7 cm³/mol. The summed E-state index contributed by atoms with van der Waals surface area (Å²) < 4.78 is 0. The molecule has 0 spiro atoms. The smallest absolute Gasteiger partial charge is 0.115 e. The number of hydrogen-bond donors (Lipinski definition) is 2. The summed E-state index contributed by atoms with van der Waals surface area (Å²) in [4.78, 5) is 0. The van der Waals surface area contributed by atoms with Crippen LogP contribution >= 0.6 is 0 Å². The zero-order valence-electron chi connectivity index (χ0n) is 5.91. The van der Waals surface area contributed by atoms with Crippen molar-refractivity contribution in [2.75, 3.05) is 6.61 Å². The third-order valence-electron chi connectivity index (χ3n) is 0.701. The number of aromatic hydroxyl groups is 1. The molecule has 55 valence electrons. The van der Waals surface area contributed by atoms with Gasteiger partial charge in [-0.15, -0.1) is 0 Å². The highest BCUT2D eigenvalue weighted by Crippen LogP contribution is 2.02. The molecule has 0 heterocycles. The summed E-state index contributed by atoms with van der Waals surface area (Å²) in [5.74, 6) is 0.291. The standard InChI is InChI=1S/C6H5O.C2H6O/c7-6-4-2-1-3-5-6;1-2-3/h2-5,7H;3H,2H2,1H3. The van der Waals surface area contributed by atoms with Gasteiger partial charge in [0.15, 0.2) is 0 Å². The van der Waals surface area contributed by atoms with Gasteiger partial charge in [-0.05, 0) is 25.1 Å². The van der Waals surface area contributed by atoms with Crippen LogP contribution in [-0.4, -0.2) is 16.8 Å². The van der Waals surface area contributed by atoms with Crippen molar-refractivity contribution in [3.05, 3.63) is 30.3 Å². The van der Waals surface area contributed by atoms with Gasteiger partial charge in [0.25, 0.3) is 0 Å². The van der Waals surface area contributed by atoms with Gasteiger partial charge in [0.1, 0.15) is 5.75 Å². The van der Waals surface area contributed by atoms with E-state index in [4.69, 9.17) is 10.2 Å². The number of rotatable bonds is 0. The lowest BCUT2D eigenvalue weighted by Crippen LogP contribution is -1.57. The Balaban J connectivity index is 0.000000236. The van der Waals surface area contributed by atoms with Crippen molar-refractivity contribution in [1.82, 2.24) is 0 Å². The van der Waals surface area contributed by atoms with E-state index >= 15 is 0 Å². The first-order valence-corrected chi connectivity index (χ1v) is 3.07. The van der Waals surface area contributed by atoms with Gasteiger partial charge in [0.05, 0.1) is 0 Å². The van der Waals surface area contributed by atoms with Crippen LogP contribution < -0.4 is 0 Å². The van der Waals surface area contributed by atoms with Gasteiger partial charge in [-0.1, -0.05) is 12.1 Å². The Morgan fingerprint density at radius 2 is 1.80 bits per heavy atom. The summed E-state index contributed by atoms with van der Waals surface area (Å²) in [6.45, 7) is 1.93. The van der Waals surface area contributed by atoms with Gasteiger partial charge < -0.3 is 10.2 Å². The van der Waals surface area contributed by atoms with E-state index in [1.807, 2.05) is 0 Å². The fourth-order valence-electron chi connectivity index (χ4n) is 0.378. The van der Waals surface area contributed by atoms with Crippen molar-refractivity contribution in [1.29, 1.82) is 0 Å². The molecule has 2 N–H and O–H groups in total. The van der Waals surface area contributed by atoms with Gasteiger partial charge in [-0.2, -0.15) is 0 Å². The first-order valence-electron chi connectivity index (χ1n) is 3.07. The van der Waals surface area contributed by atoms with E-state index < -0.39 is 0 Å². The largest absolute Gasteiger partial charge is 0.508 e. The molecule has 10 heavy (non-hydrogen) atoms. The normalized spacial score (nSPS) is 7.80. The average Bonchev–Trinajstić information content (AvgIpc) is 1.91. The molecule has 2 heteroatoms. The molecule has 0 bridgehead atoms. The fourth-order valence-corrected chi connectivity index (χ4v) is 0.378. The van der Waals surface area contributed by atoms with Gasteiger partial charge in [0, 0.05) is 6.61 Å². The van der Waals surface area contributed by atoms with E-state index in [1.165, 1.54) is 0 Å². The van der Waals surface area contributed by atoms with Crippen LogP contribution in [0.1, 0.15) is 6.92 Å². The lowest BCUT2D eigenvalue weighted by atomic mass is 10.3. The highest BCUT2D eigenvalue weighted by molar-refractivity contribution is 5.17. The SMILES string of the molecule is CCO.Oc1cc[c]cc1. The van der Waals surface area contributed by atoms with E-state index in [0.717, 1.165) is 0 Å². The van der Waals surface area contributed by atoms with Crippen molar-refractivity contribution in [2.24, 2.45) is 0 Å². The predicted octanol–water partition coefficient (Wildman–Crippen LogP) is 1.19. The molecule has 2 nitrogen and oxygen atoms in total. The van der Waals surface area contributed by atoms with Crippen molar-refractivity contribution in [2.45, 2.75) is 6.92 Å². The summed E-state index contributed by atoms with van der Waals surface area (Å²) in [5, 5.41) is 16.2. The third-order valence-corrected chi connectivity index (χ3v) is 0.701. The molecule has 0 aromatic heterocycles. The summed E-state index contributed by atoms with van der Waals surface area (Å²) in [5.41, 5.74) is 0. The monoisotopic (exact) mass is 139 g/mol. The van der Waals surface area contributed by atoms with Gasteiger partial charge in [-0.25, -0.2) is 0 Å². The molecule has 0 aliphatic heterocycles. The number of hydrogen-bond acceptors (Lipinski definition) is 2. The molecule has 0 saturated heterocycles. The highest BCUT2D eigenvalue weighted by Gasteiger charge is 1.75. The minimum absolute atomic E-state index is 0.250. The van der Waals surface area contributed by atoms with Gasteiger partial charge >= 0.3 is 0 Å². The average molecular weight is 139 g/mol. The minimum Gasteiger partial charge on any atom is -0.508 e. The van der Waals surface area contributed by atoms with Crippen LogP contribution in [-0.2, 0) is 0 Å². The maximum atomic E-state index is 8.61. The Hall–Kier alpha value is -1.02. The minimum atomic E-state index is 0.250.